The number of amides is 1. The van der Waals surface area contributed by atoms with Crippen LogP contribution in [0.15, 0.2) is 89.9 Å². The monoisotopic (exact) mass is 439 g/mol. The lowest BCUT2D eigenvalue weighted by Gasteiger charge is -2.10. The molecule has 0 aliphatic heterocycles. The Bertz CT molecular complexity index is 1370. The number of furan rings is 1. The molecule has 2 N–H and O–H groups in total. The second-order valence-electron chi connectivity index (χ2n) is 7.31. The number of ether oxygens (including phenoxy) is 1. The smallest absolute Gasteiger partial charge is 0.251 e. The first kappa shape index (κ1) is 20.3. The molecule has 0 atom stereocenters. The Kier molecular flexibility index (Phi) is 5.47. The number of hydrogen-bond acceptors (Lipinski definition) is 6. The van der Waals surface area contributed by atoms with Crippen molar-refractivity contribution in [2.45, 2.75) is 6.54 Å². The van der Waals surface area contributed by atoms with Crippen molar-refractivity contribution in [3.05, 3.63) is 96.8 Å². The maximum atomic E-state index is 12.4. The summed E-state index contributed by atoms with van der Waals surface area (Å²) in [6.45, 7) is 0.340. The number of anilines is 2. The van der Waals surface area contributed by atoms with Crippen LogP contribution in [0.25, 0.3) is 16.9 Å². The summed E-state index contributed by atoms with van der Waals surface area (Å²) in [5.41, 5.74) is 3.83. The van der Waals surface area contributed by atoms with Crippen LogP contribution in [0.2, 0.25) is 0 Å². The number of aromatic nitrogens is 3. The molecule has 2 aromatic carbocycles. The van der Waals surface area contributed by atoms with E-state index in [4.69, 9.17) is 14.1 Å². The van der Waals surface area contributed by atoms with Crippen molar-refractivity contribution in [2.75, 3.05) is 12.4 Å². The molecule has 0 spiro atoms. The minimum absolute atomic E-state index is 0.169. The molecule has 3 aromatic heterocycles. The fourth-order valence-electron chi connectivity index (χ4n) is 3.50. The zero-order valence-corrected chi connectivity index (χ0v) is 17.9. The molecule has 0 aliphatic rings. The number of methoxy groups -OCH3 is 1. The highest BCUT2D eigenvalue weighted by Crippen LogP contribution is 2.32. The molecule has 0 bridgehead atoms. The number of nitrogens with one attached hydrogen (secondary N) is 2. The maximum Gasteiger partial charge on any atom is 0.251 e. The Morgan fingerprint density at radius 2 is 1.91 bits per heavy atom. The number of nitrogens with zero attached hydrogens (tertiary/aromatic N) is 3. The van der Waals surface area contributed by atoms with Gasteiger partial charge in [-0.1, -0.05) is 0 Å². The van der Waals surface area contributed by atoms with Crippen molar-refractivity contribution in [1.82, 2.24) is 19.7 Å². The van der Waals surface area contributed by atoms with E-state index in [0.717, 1.165) is 34.2 Å². The van der Waals surface area contributed by atoms with Gasteiger partial charge < -0.3 is 19.8 Å². The van der Waals surface area contributed by atoms with Crippen molar-refractivity contribution in [3.63, 3.8) is 0 Å². The Balaban J connectivity index is 1.39. The highest BCUT2D eigenvalue weighted by atomic mass is 16.5. The van der Waals surface area contributed by atoms with E-state index in [9.17, 15) is 4.79 Å². The summed E-state index contributed by atoms with van der Waals surface area (Å²) in [7, 11) is 1.64. The lowest BCUT2D eigenvalue weighted by molar-refractivity contribution is 0.0948. The van der Waals surface area contributed by atoms with E-state index in [-0.39, 0.29) is 5.91 Å². The Morgan fingerprint density at radius 3 is 2.64 bits per heavy atom. The molecule has 0 radical (unpaired) electrons. The van der Waals surface area contributed by atoms with Crippen molar-refractivity contribution in [3.8, 4) is 17.0 Å². The van der Waals surface area contributed by atoms with Gasteiger partial charge in [0.1, 0.15) is 23.0 Å². The van der Waals surface area contributed by atoms with Crippen LogP contribution < -0.4 is 15.4 Å². The number of carbonyl (C=O) groups is 1. The third kappa shape index (κ3) is 4.27. The van der Waals surface area contributed by atoms with Crippen molar-refractivity contribution < 1.29 is 13.9 Å². The standard InChI is InChI=1S/C25H21N5O3/c1-32-20-10-6-17(7-11-20)23-24(30-13-12-26-16-22(30)29-23)28-19-8-4-18(5-9-19)25(31)27-15-21-3-2-14-33-21/h2-14,16,28H,15H2,1H3,(H,27,31). The summed E-state index contributed by atoms with van der Waals surface area (Å²) in [6.07, 6.45) is 6.86. The third-order valence-corrected chi connectivity index (χ3v) is 5.21. The van der Waals surface area contributed by atoms with Gasteiger partial charge in [0.25, 0.3) is 5.91 Å². The van der Waals surface area contributed by atoms with Crippen molar-refractivity contribution in [2.24, 2.45) is 0 Å². The first-order valence-corrected chi connectivity index (χ1v) is 10.4. The van der Waals surface area contributed by atoms with E-state index >= 15 is 0 Å². The summed E-state index contributed by atoms with van der Waals surface area (Å²) < 4.78 is 12.5. The number of carbonyl (C=O) groups excluding carboxylic acids is 1. The van der Waals surface area contributed by atoms with Crippen molar-refractivity contribution in [1.29, 1.82) is 0 Å². The summed E-state index contributed by atoms with van der Waals surface area (Å²) in [5, 5.41) is 6.28. The lowest BCUT2D eigenvalue weighted by atomic mass is 10.1. The zero-order valence-electron chi connectivity index (χ0n) is 17.9. The van der Waals surface area contributed by atoms with Gasteiger partial charge in [0.15, 0.2) is 5.65 Å². The fourth-order valence-corrected chi connectivity index (χ4v) is 3.50. The maximum absolute atomic E-state index is 12.4. The van der Waals surface area contributed by atoms with Gasteiger partial charge in [-0.05, 0) is 60.7 Å². The van der Waals surface area contributed by atoms with E-state index < -0.39 is 0 Å². The Morgan fingerprint density at radius 1 is 1.09 bits per heavy atom. The average Bonchev–Trinajstić information content (AvgIpc) is 3.51. The molecule has 3 heterocycles. The van der Waals surface area contributed by atoms with Crippen molar-refractivity contribution >= 4 is 23.1 Å². The molecule has 5 rings (SSSR count). The number of benzene rings is 2. The average molecular weight is 439 g/mol. The van der Waals surface area contributed by atoms with Crippen LogP contribution >= 0.6 is 0 Å². The largest absolute Gasteiger partial charge is 0.497 e. The lowest BCUT2D eigenvalue weighted by Crippen LogP contribution is -2.22. The predicted octanol–water partition coefficient (Wildman–Crippen LogP) is 4.67. The van der Waals surface area contributed by atoms with Gasteiger partial charge in [-0.25, -0.2) is 4.98 Å². The molecule has 0 saturated carbocycles. The van der Waals surface area contributed by atoms with E-state index in [1.165, 1.54) is 0 Å². The molecular formula is C25H21N5O3. The minimum atomic E-state index is -0.169. The van der Waals surface area contributed by atoms with Crippen LogP contribution in [0.5, 0.6) is 5.75 Å². The van der Waals surface area contributed by atoms with Crippen LogP contribution in [0.1, 0.15) is 16.1 Å². The van der Waals surface area contributed by atoms with Crippen LogP contribution in [0, 0.1) is 0 Å². The fraction of sp³-hybridized carbons (Fsp3) is 0.0800. The third-order valence-electron chi connectivity index (χ3n) is 5.21. The molecule has 0 aliphatic carbocycles. The molecule has 8 nitrogen and oxygen atoms in total. The van der Waals surface area contributed by atoms with E-state index in [1.54, 1.807) is 44.0 Å². The zero-order chi connectivity index (χ0) is 22.6. The van der Waals surface area contributed by atoms with Gasteiger partial charge in [-0.2, -0.15) is 0 Å². The molecule has 0 fully saturated rings. The first-order valence-electron chi connectivity index (χ1n) is 10.4. The summed E-state index contributed by atoms with van der Waals surface area (Å²) >= 11 is 0. The molecule has 0 unspecified atom stereocenters. The molecule has 0 saturated heterocycles. The van der Waals surface area contributed by atoms with Gasteiger partial charge in [0.05, 0.1) is 26.1 Å². The number of hydrogen-bond donors (Lipinski definition) is 2. The summed E-state index contributed by atoms with van der Waals surface area (Å²) in [5.74, 6) is 2.11. The molecule has 164 valence electrons. The second-order valence-corrected chi connectivity index (χ2v) is 7.31. The normalized spacial score (nSPS) is 10.8. The SMILES string of the molecule is COc1ccc(-c2nc3cnccn3c2Nc2ccc(C(=O)NCc3ccco3)cc2)cc1. The quantitative estimate of drug-likeness (QED) is 0.383. The van der Waals surface area contributed by atoms with E-state index in [1.807, 2.05) is 53.1 Å². The van der Waals surface area contributed by atoms with Crippen LogP contribution in [-0.2, 0) is 6.54 Å². The molecule has 33 heavy (non-hydrogen) atoms. The highest BCUT2D eigenvalue weighted by Gasteiger charge is 2.15. The van der Waals surface area contributed by atoms with Crippen LogP contribution in [0.3, 0.4) is 0 Å². The minimum Gasteiger partial charge on any atom is -0.497 e. The molecule has 5 aromatic rings. The van der Waals surface area contributed by atoms with Gasteiger partial charge >= 0.3 is 0 Å². The second kappa shape index (κ2) is 8.88. The topological polar surface area (TPSA) is 93.7 Å². The van der Waals surface area contributed by atoms with E-state index in [2.05, 4.69) is 15.6 Å². The number of fused-ring (bicyclic) bond motifs is 1. The van der Waals surface area contributed by atoms with Crippen LogP contribution in [0.4, 0.5) is 11.5 Å². The first-order chi connectivity index (χ1) is 16.2. The summed E-state index contributed by atoms with van der Waals surface area (Å²) in [4.78, 5) is 21.4. The Labute approximate surface area is 189 Å². The number of rotatable bonds is 7. The van der Waals surface area contributed by atoms with Gasteiger partial charge in [0, 0.05) is 29.2 Å². The van der Waals surface area contributed by atoms with Gasteiger partial charge in [-0.3, -0.25) is 14.2 Å². The number of imidazole rings is 1. The summed E-state index contributed by atoms with van der Waals surface area (Å²) in [6, 6.07) is 18.6. The van der Waals surface area contributed by atoms with Crippen LogP contribution in [-0.4, -0.2) is 27.4 Å². The molecule has 8 heteroatoms. The molecular weight excluding hydrogens is 418 g/mol. The predicted molar refractivity (Wildman–Crippen MR) is 125 cm³/mol. The molecule has 1 amide bonds. The van der Waals surface area contributed by atoms with Gasteiger partial charge in [0.2, 0.25) is 0 Å². The highest BCUT2D eigenvalue weighted by molar-refractivity contribution is 5.94. The Hall–Kier alpha value is -4.59. The van der Waals surface area contributed by atoms with Gasteiger partial charge in [-0.15, -0.1) is 0 Å². The van der Waals surface area contributed by atoms with E-state index in [0.29, 0.717) is 17.9 Å².